The number of carbonyl (C=O) groups is 1. The summed E-state index contributed by atoms with van der Waals surface area (Å²) in [6, 6.07) is 1.82. The molecule has 0 radical (unpaired) electrons. The zero-order valence-electron chi connectivity index (χ0n) is 7.74. The van der Waals surface area contributed by atoms with E-state index in [2.05, 4.69) is 47.0 Å². The van der Waals surface area contributed by atoms with E-state index in [1.165, 1.54) is 29.4 Å². The SMILES string of the molecule is O=C(CSc1ncn[nH]1)c1cc(Br)sc1Br. The second kappa shape index (κ2) is 5.44. The van der Waals surface area contributed by atoms with Crippen molar-refractivity contribution in [3.63, 3.8) is 0 Å². The summed E-state index contributed by atoms with van der Waals surface area (Å²) in [6.45, 7) is 0. The maximum atomic E-state index is 11.8. The fourth-order valence-corrected chi connectivity index (χ4v) is 4.52. The molecule has 0 spiro atoms. The molecular formula is C8H5Br2N3OS2. The minimum Gasteiger partial charge on any atom is -0.293 e. The quantitative estimate of drug-likeness (QED) is 0.650. The van der Waals surface area contributed by atoms with Crippen LogP contribution in [0.15, 0.2) is 25.1 Å². The van der Waals surface area contributed by atoms with Gasteiger partial charge in [-0.1, -0.05) is 11.8 Å². The van der Waals surface area contributed by atoms with Crippen LogP contribution in [-0.2, 0) is 0 Å². The minimum absolute atomic E-state index is 0.0650. The minimum atomic E-state index is 0.0650. The van der Waals surface area contributed by atoms with Gasteiger partial charge < -0.3 is 0 Å². The first-order chi connectivity index (χ1) is 7.66. The Balaban J connectivity index is 2.01. The van der Waals surface area contributed by atoms with Crippen molar-refractivity contribution in [2.24, 2.45) is 0 Å². The van der Waals surface area contributed by atoms with Gasteiger partial charge in [-0.3, -0.25) is 9.89 Å². The van der Waals surface area contributed by atoms with Gasteiger partial charge in [-0.15, -0.1) is 11.3 Å². The van der Waals surface area contributed by atoms with E-state index in [9.17, 15) is 4.79 Å². The largest absolute Gasteiger partial charge is 0.293 e. The third-order valence-electron chi connectivity index (χ3n) is 1.69. The highest BCUT2D eigenvalue weighted by Crippen LogP contribution is 2.32. The van der Waals surface area contributed by atoms with Crippen LogP contribution in [0.25, 0.3) is 0 Å². The number of ketones is 1. The van der Waals surface area contributed by atoms with E-state index >= 15 is 0 Å². The van der Waals surface area contributed by atoms with E-state index in [0.29, 0.717) is 16.5 Å². The zero-order valence-corrected chi connectivity index (χ0v) is 12.5. The van der Waals surface area contributed by atoms with Crippen LogP contribution in [0.4, 0.5) is 0 Å². The Bertz CT molecular complexity index is 497. The van der Waals surface area contributed by atoms with E-state index in [1.807, 2.05) is 6.07 Å². The first kappa shape index (κ1) is 12.3. The molecule has 0 aliphatic rings. The number of Topliss-reactive ketones (excluding diaryl/α,β-unsaturated/α-hetero) is 1. The van der Waals surface area contributed by atoms with Crippen LogP contribution in [0.1, 0.15) is 10.4 Å². The molecule has 16 heavy (non-hydrogen) atoms. The third-order valence-corrected chi connectivity index (χ3v) is 4.91. The van der Waals surface area contributed by atoms with Crippen LogP contribution in [0.5, 0.6) is 0 Å². The molecule has 4 nitrogen and oxygen atoms in total. The van der Waals surface area contributed by atoms with E-state index in [0.717, 1.165) is 7.57 Å². The highest BCUT2D eigenvalue weighted by Gasteiger charge is 2.14. The molecule has 0 saturated heterocycles. The molecule has 2 aromatic rings. The lowest BCUT2D eigenvalue weighted by molar-refractivity contribution is 0.102. The molecule has 0 bridgehead atoms. The van der Waals surface area contributed by atoms with Gasteiger partial charge in [-0.2, -0.15) is 5.10 Å². The average molecular weight is 383 g/mol. The maximum absolute atomic E-state index is 11.8. The van der Waals surface area contributed by atoms with Crippen LogP contribution in [0, 0.1) is 0 Å². The molecule has 0 fully saturated rings. The number of aromatic amines is 1. The average Bonchev–Trinajstić information content (AvgIpc) is 2.84. The monoisotopic (exact) mass is 381 g/mol. The Morgan fingerprint density at radius 2 is 2.38 bits per heavy atom. The highest BCUT2D eigenvalue weighted by molar-refractivity contribution is 9.12. The molecule has 2 aromatic heterocycles. The molecule has 0 aliphatic carbocycles. The topological polar surface area (TPSA) is 58.6 Å². The van der Waals surface area contributed by atoms with Crippen LogP contribution >= 0.6 is 55.0 Å². The molecule has 0 atom stereocenters. The summed E-state index contributed by atoms with van der Waals surface area (Å²) < 4.78 is 1.79. The van der Waals surface area contributed by atoms with E-state index < -0.39 is 0 Å². The van der Waals surface area contributed by atoms with Gasteiger partial charge in [0.25, 0.3) is 0 Å². The van der Waals surface area contributed by atoms with Crippen molar-refractivity contribution in [1.29, 1.82) is 0 Å². The Kier molecular flexibility index (Phi) is 4.17. The molecule has 84 valence electrons. The van der Waals surface area contributed by atoms with Crippen molar-refractivity contribution in [2.45, 2.75) is 5.16 Å². The molecule has 0 unspecified atom stereocenters. The van der Waals surface area contributed by atoms with Crippen molar-refractivity contribution in [3.8, 4) is 0 Å². The van der Waals surface area contributed by atoms with Gasteiger partial charge in [0, 0.05) is 5.56 Å². The fourth-order valence-electron chi connectivity index (χ4n) is 1.01. The normalized spacial score (nSPS) is 10.6. The van der Waals surface area contributed by atoms with Gasteiger partial charge in [0.05, 0.1) is 13.3 Å². The summed E-state index contributed by atoms with van der Waals surface area (Å²) in [4.78, 5) is 15.8. The van der Waals surface area contributed by atoms with Crippen molar-refractivity contribution < 1.29 is 4.79 Å². The third kappa shape index (κ3) is 2.93. The lowest BCUT2D eigenvalue weighted by Gasteiger charge is -1.96. The Labute approximate surface area is 116 Å². The fraction of sp³-hybridized carbons (Fsp3) is 0.125. The van der Waals surface area contributed by atoms with Gasteiger partial charge >= 0.3 is 0 Å². The number of rotatable bonds is 4. The van der Waals surface area contributed by atoms with E-state index in [1.54, 1.807) is 0 Å². The summed E-state index contributed by atoms with van der Waals surface area (Å²) in [5.41, 5.74) is 0.698. The Morgan fingerprint density at radius 1 is 1.56 bits per heavy atom. The molecule has 0 aromatic carbocycles. The molecule has 8 heteroatoms. The van der Waals surface area contributed by atoms with Crippen molar-refractivity contribution in [2.75, 3.05) is 5.75 Å². The summed E-state index contributed by atoms with van der Waals surface area (Å²) in [5.74, 6) is 0.409. The van der Waals surface area contributed by atoms with Gasteiger partial charge in [0.15, 0.2) is 10.9 Å². The number of thioether (sulfide) groups is 1. The lowest BCUT2D eigenvalue weighted by Crippen LogP contribution is -2.01. The molecule has 0 amide bonds. The summed E-state index contributed by atoms with van der Waals surface area (Å²) in [7, 11) is 0. The number of nitrogens with zero attached hydrogens (tertiary/aromatic N) is 2. The second-order valence-electron chi connectivity index (χ2n) is 2.74. The zero-order chi connectivity index (χ0) is 11.5. The Morgan fingerprint density at radius 3 is 2.94 bits per heavy atom. The molecule has 2 heterocycles. The molecular weight excluding hydrogens is 378 g/mol. The highest BCUT2D eigenvalue weighted by atomic mass is 79.9. The summed E-state index contributed by atoms with van der Waals surface area (Å²) in [5, 5.41) is 7.06. The predicted molar refractivity (Wildman–Crippen MR) is 71.2 cm³/mol. The first-order valence-electron chi connectivity index (χ1n) is 4.13. The second-order valence-corrected chi connectivity index (χ2v) is 7.45. The van der Waals surface area contributed by atoms with Crippen LogP contribution < -0.4 is 0 Å². The molecule has 0 aliphatic heterocycles. The number of aromatic nitrogens is 3. The molecule has 2 rings (SSSR count). The van der Waals surface area contributed by atoms with Gasteiger partial charge in [-0.05, 0) is 37.9 Å². The standard InChI is InChI=1S/C8H5Br2N3OS2/c9-6-1-4(7(10)16-6)5(14)2-15-8-11-3-12-13-8/h1,3H,2H2,(H,11,12,13). The van der Waals surface area contributed by atoms with Crippen LogP contribution in [0.3, 0.4) is 0 Å². The van der Waals surface area contributed by atoms with Crippen LogP contribution in [-0.4, -0.2) is 26.7 Å². The van der Waals surface area contributed by atoms with Gasteiger partial charge in [0.1, 0.15) is 6.33 Å². The lowest BCUT2D eigenvalue weighted by atomic mass is 10.2. The van der Waals surface area contributed by atoms with Crippen LogP contribution in [0.2, 0.25) is 0 Å². The van der Waals surface area contributed by atoms with E-state index in [-0.39, 0.29) is 5.78 Å². The number of hydrogen-bond acceptors (Lipinski definition) is 5. The number of nitrogens with one attached hydrogen (secondary N) is 1. The predicted octanol–water partition coefficient (Wildman–Crippen LogP) is 3.37. The Hall–Kier alpha value is -0.180. The summed E-state index contributed by atoms with van der Waals surface area (Å²) >= 11 is 9.53. The number of H-pyrrole nitrogens is 1. The first-order valence-corrected chi connectivity index (χ1v) is 7.52. The smallest absolute Gasteiger partial charge is 0.183 e. The van der Waals surface area contributed by atoms with E-state index in [4.69, 9.17) is 0 Å². The molecule has 1 N–H and O–H groups in total. The van der Waals surface area contributed by atoms with Gasteiger partial charge in [0.2, 0.25) is 0 Å². The van der Waals surface area contributed by atoms with Crippen molar-refractivity contribution in [3.05, 3.63) is 25.5 Å². The number of halogens is 2. The number of thiophene rings is 1. The number of carbonyl (C=O) groups excluding carboxylic acids is 1. The molecule has 0 saturated carbocycles. The number of hydrogen-bond donors (Lipinski definition) is 1. The maximum Gasteiger partial charge on any atom is 0.183 e. The summed E-state index contributed by atoms with van der Waals surface area (Å²) in [6.07, 6.45) is 1.42. The van der Waals surface area contributed by atoms with Crippen molar-refractivity contribution in [1.82, 2.24) is 15.2 Å². The van der Waals surface area contributed by atoms with Gasteiger partial charge in [-0.25, -0.2) is 4.98 Å². The van der Waals surface area contributed by atoms with Crippen molar-refractivity contribution >= 4 is 60.7 Å².